The lowest BCUT2D eigenvalue weighted by Crippen LogP contribution is -2.52. The number of aliphatic hydroxyl groups is 1. The second-order valence-corrected chi connectivity index (χ2v) is 7.04. The van der Waals surface area contributed by atoms with Crippen molar-refractivity contribution in [1.82, 2.24) is 9.80 Å². The summed E-state index contributed by atoms with van der Waals surface area (Å²) in [7, 11) is 3.42. The number of piperazine rings is 1. The molecule has 5 nitrogen and oxygen atoms in total. The van der Waals surface area contributed by atoms with Crippen LogP contribution in [-0.2, 0) is 13.1 Å². The van der Waals surface area contributed by atoms with Gasteiger partial charge in [-0.25, -0.2) is 0 Å². The number of ether oxygens (including phenoxy) is 2. The molecule has 1 N–H and O–H groups in total. The Labute approximate surface area is 162 Å². The number of hydrogen-bond acceptors (Lipinski definition) is 5. The Balaban J connectivity index is 1.65. The minimum Gasteiger partial charge on any atom is -0.497 e. The maximum Gasteiger partial charge on any atom is 0.123 e. The van der Waals surface area contributed by atoms with Crippen molar-refractivity contribution < 1.29 is 14.6 Å². The molecule has 5 heteroatoms. The zero-order valence-electron chi connectivity index (χ0n) is 16.3. The summed E-state index contributed by atoms with van der Waals surface area (Å²) in [6, 6.07) is 16.8. The zero-order chi connectivity index (χ0) is 19.1. The molecule has 27 heavy (non-hydrogen) atoms. The molecular weight excluding hydrogens is 340 g/mol. The Bertz CT molecular complexity index is 722. The number of benzene rings is 2. The van der Waals surface area contributed by atoms with Gasteiger partial charge in [0.1, 0.15) is 11.5 Å². The van der Waals surface area contributed by atoms with Crippen molar-refractivity contribution in [2.75, 3.05) is 40.5 Å². The maximum atomic E-state index is 9.56. The maximum absolute atomic E-state index is 9.56. The second-order valence-electron chi connectivity index (χ2n) is 7.04. The van der Waals surface area contributed by atoms with Gasteiger partial charge >= 0.3 is 0 Å². The van der Waals surface area contributed by atoms with E-state index in [0.717, 1.165) is 50.6 Å². The van der Waals surface area contributed by atoms with Gasteiger partial charge in [0.05, 0.1) is 14.2 Å². The van der Waals surface area contributed by atoms with Gasteiger partial charge in [-0.3, -0.25) is 9.80 Å². The fourth-order valence-electron chi connectivity index (χ4n) is 3.81. The molecule has 1 atom stereocenters. The predicted octanol–water partition coefficient (Wildman–Crippen LogP) is 2.77. The number of methoxy groups -OCH3 is 2. The van der Waals surface area contributed by atoms with Crippen molar-refractivity contribution in [2.45, 2.75) is 25.6 Å². The van der Waals surface area contributed by atoms with Gasteiger partial charge in [-0.1, -0.05) is 30.3 Å². The Morgan fingerprint density at radius 3 is 2.63 bits per heavy atom. The predicted molar refractivity (Wildman–Crippen MR) is 107 cm³/mol. The lowest BCUT2D eigenvalue weighted by molar-refractivity contribution is 0.0496. The minimum atomic E-state index is 0.210. The van der Waals surface area contributed by atoms with E-state index < -0.39 is 0 Å². The first-order valence-electron chi connectivity index (χ1n) is 9.55. The lowest BCUT2D eigenvalue weighted by atomic mass is 10.1. The van der Waals surface area contributed by atoms with Crippen LogP contribution < -0.4 is 9.47 Å². The highest BCUT2D eigenvalue weighted by Gasteiger charge is 2.27. The van der Waals surface area contributed by atoms with Gasteiger partial charge in [0, 0.05) is 50.9 Å². The third kappa shape index (κ3) is 5.22. The van der Waals surface area contributed by atoms with E-state index in [1.165, 1.54) is 11.1 Å². The Morgan fingerprint density at radius 2 is 1.85 bits per heavy atom. The highest BCUT2D eigenvalue weighted by Crippen LogP contribution is 2.23. The number of hydrogen-bond donors (Lipinski definition) is 1. The van der Waals surface area contributed by atoms with Crippen LogP contribution in [0.3, 0.4) is 0 Å². The first-order valence-corrected chi connectivity index (χ1v) is 9.55. The van der Waals surface area contributed by atoms with Crippen molar-refractivity contribution in [1.29, 1.82) is 0 Å². The van der Waals surface area contributed by atoms with Crippen LogP contribution >= 0.6 is 0 Å². The van der Waals surface area contributed by atoms with Gasteiger partial charge in [-0.15, -0.1) is 0 Å². The third-order valence-electron chi connectivity index (χ3n) is 5.26. The van der Waals surface area contributed by atoms with E-state index >= 15 is 0 Å². The largest absolute Gasteiger partial charge is 0.497 e. The summed E-state index contributed by atoms with van der Waals surface area (Å²) in [6.45, 7) is 4.90. The van der Waals surface area contributed by atoms with Crippen LogP contribution in [-0.4, -0.2) is 61.4 Å². The molecule has 0 spiro atoms. The van der Waals surface area contributed by atoms with E-state index in [-0.39, 0.29) is 6.61 Å². The molecule has 0 aromatic heterocycles. The molecule has 1 heterocycles. The Morgan fingerprint density at radius 1 is 1.00 bits per heavy atom. The van der Waals surface area contributed by atoms with Crippen molar-refractivity contribution in [3.8, 4) is 11.5 Å². The van der Waals surface area contributed by atoms with Crippen LogP contribution in [0, 0.1) is 0 Å². The SMILES string of the molecule is COc1cccc(CN2CCN(Cc3ccccc3OC)C[C@H]2CCO)c1. The normalized spacial score (nSPS) is 18.4. The standard InChI is InChI=1S/C22H30N2O3/c1-26-21-8-5-6-18(14-21)15-24-12-11-23(17-20(24)10-13-25)16-19-7-3-4-9-22(19)27-2/h3-9,14,20,25H,10-13,15-17H2,1-2H3/t20-/m1/s1. The van der Waals surface area contributed by atoms with Crippen molar-refractivity contribution in [3.63, 3.8) is 0 Å². The van der Waals surface area contributed by atoms with Crippen LogP contribution in [0.5, 0.6) is 11.5 Å². The van der Waals surface area contributed by atoms with Crippen molar-refractivity contribution >= 4 is 0 Å². The molecule has 1 aliphatic rings. The Kier molecular flexibility index (Phi) is 7.10. The van der Waals surface area contributed by atoms with E-state index in [1.54, 1.807) is 14.2 Å². The Hall–Kier alpha value is -2.08. The number of rotatable bonds is 8. The fourth-order valence-corrected chi connectivity index (χ4v) is 3.81. The molecule has 2 aromatic rings. The summed E-state index contributed by atoms with van der Waals surface area (Å²) in [6.07, 6.45) is 0.784. The first kappa shape index (κ1) is 19.7. The van der Waals surface area contributed by atoms with E-state index in [0.29, 0.717) is 6.04 Å². The van der Waals surface area contributed by atoms with E-state index in [2.05, 4.69) is 34.1 Å². The molecule has 0 aliphatic carbocycles. The highest BCUT2D eigenvalue weighted by molar-refractivity contribution is 5.33. The summed E-state index contributed by atoms with van der Waals surface area (Å²) in [5.41, 5.74) is 2.46. The minimum absolute atomic E-state index is 0.210. The van der Waals surface area contributed by atoms with Gasteiger partial charge in [-0.2, -0.15) is 0 Å². The highest BCUT2D eigenvalue weighted by atomic mass is 16.5. The van der Waals surface area contributed by atoms with E-state index in [1.807, 2.05) is 24.3 Å². The van der Waals surface area contributed by atoms with Crippen molar-refractivity contribution in [3.05, 3.63) is 59.7 Å². The summed E-state index contributed by atoms with van der Waals surface area (Å²) < 4.78 is 10.8. The molecule has 1 aliphatic heterocycles. The van der Waals surface area contributed by atoms with Crippen LogP contribution in [0.4, 0.5) is 0 Å². The number of para-hydroxylation sites is 1. The second kappa shape index (κ2) is 9.74. The summed E-state index contributed by atoms with van der Waals surface area (Å²) in [5.74, 6) is 1.83. The van der Waals surface area contributed by atoms with Crippen LogP contribution in [0.2, 0.25) is 0 Å². The molecule has 0 radical (unpaired) electrons. The average molecular weight is 370 g/mol. The number of aliphatic hydroxyl groups excluding tert-OH is 1. The van der Waals surface area contributed by atoms with E-state index in [9.17, 15) is 5.11 Å². The first-order chi connectivity index (χ1) is 13.2. The molecule has 0 bridgehead atoms. The molecule has 1 saturated heterocycles. The fraction of sp³-hybridized carbons (Fsp3) is 0.455. The van der Waals surface area contributed by atoms with Crippen LogP contribution in [0.15, 0.2) is 48.5 Å². The lowest BCUT2D eigenvalue weighted by Gasteiger charge is -2.41. The van der Waals surface area contributed by atoms with Crippen molar-refractivity contribution in [2.24, 2.45) is 0 Å². The molecule has 146 valence electrons. The van der Waals surface area contributed by atoms with Gasteiger partial charge in [0.25, 0.3) is 0 Å². The van der Waals surface area contributed by atoms with Gasteiger partial charge in [0.15, 0.2) is 0 Å². The summed E-state index contributed by atoms with van der Waals surface area (Å²) >= 11 is 0. The van der Waals surface area contributed by atoms with Gasteiger partial charge in [0.2, 0.25) is 0 Å². The molecular formula is C22H30N2O3. The summed E-state index contributed by atoms with van der Waals surface area (Å²) in [4.78, 5) is 4.93. The molecule has 0 saturated carbocycles. The summed E-state index contributed by atoms with van der Waals surface area (Å²) in [5, 5.41) is 9.56. The average Bonchev–Trinajstić information content (AvgIpc) is 2.71. The molecule has 1 fully saturated rings. The molecule has 3 rings (SSSR count). The molecule has 0 unspecified atom stereocenters. The van der Waals surface area contributed by atoms with Crippen LogP contribution in [0.1, 0.15) is 17.5 Å². The van der Waals surface area contributed by atoms with E-state index in [4.69, 9.17) is 9.47 Å². The quantitative estimate of drug-likeness (QED) is 0.774. The molecule has 0 amide bonds. The van der Waals surface area contributed by atoms with Gasteiger partial charge in [-0.05, 0) is 30.2 Å². The topological polar surface area (TPSA) is 45.2 Å². The number of nitrogens with zero attached hydrogens (tertiary/aromatic N) is 2. The molecule has 2 aromatic carbocycles. The zero-order valence-corrected chi connectivity index (χ0v) is 16.3. The smallest absolute Gasteiger partial charge is 0.123 e. The third-order valence-corrected chi connectivity index (χ3v) is 5.26. The monoisotopic (exact) mass is 370 g/mol. The van der Waals surface area contributed by atoms with Gasteiger partial charge < -0.3 is 14.6 Å². The van der Waals surface area contributed by atoms with Crippen LogP contribution in [0.25, 0.3) is 0 Å².